The van der Waals surface area contributed by atoms with Crippen LogP contribution in [0.1, 0.15) is 31.9 Å². The minimum absolute atomic E-state index is 0.147. The first kappa shape index (κ1) is 28.4. The Hall–Kier alpha value is -4.60. The summed E-state index contributed by atoms with van der Waals surface area (Å²) >= 11 is 0. The summed E-state index contributed by atoms with van der Waals surface area (Å²) in [6, 6.07) is 18.6. The zero-order valence-corrected chi connectivity index (χ0v) is 23.5. The van der Waals surface area contributed by atoms with Crippen LogP contribution in [-0.4, -0.2) is 54.7 Å². The number of methoxy groups -OCH3 is 3. The van der Waals surface area contributed by atoms with E-state index < -0.39 is 6.04 Å². The largest absolute Gasteiger partial charge is 0.497 e. The van der Waals surface area contributed by atoms with Crippen molar-refractivity contribution in [2.75, 3.05) is 32.8 Å². The van der Waals surface area contributed by atoms with Crippen molar-refractivity contribution in [3.05, 3.63) is 72.3 Å². The number of aromatic nitrogens is 3. The van der Waals surface area contributed by atoms with Crippen LogP contribution in [0.4, 0.5) is 5.69 Å². The zero-order valence-electron chi connectivity index (χ0n) is 23.5. The highest BCUT2D eigenvalue weighted by atomic mass is 16.5. The summed E-state index contributed by atoms with van der Waals surface area (Å²) in [6.45, 7) is 4.49. The Kier molecular flexibility index (Phi) is 9.21. The lowest BCUT2D eigenvalue weighted by molar-refractivity contribution is -0.127. The number of anilines is 1. The number of fused-ring (bicyclic) bond motifs is 1. The average Bonchev–Trinajstić information content (AvgIpc) is 3.37. The molecular formula is C30H35N5O5. The van der Waals surface area contributed by atoms with Crippen molar-refractivity contribution in [2.45, 2.75) is 32.9 Å². The number of ether oxygens (including phenoxy) is 3. The van der Waals surface area contributed by atoms with E-state index in [1.807, 2.05) is 24.3 Å². The molecule has 3 aromatic carbocycles. The fourth-order valence-electron chi connectivity index (χ4n) is 4.46. The van der Waals surface area contributed by atoms with Gasteiger partial charge in [0.1, 0.15) is 35.4 Å². The third kappa shape index (κ3) is 6.33. The minimum atomic E-state index is -1.07. The van der Waals surface area contributed by atoms with Crippen molar-refractivity contribution in [2.24, 2.45) is 5.92 Å². The molecule has 0 aliphatic rings. The topological polar surface area (TPSA) is 108 Å². The number of hydrogen-bond acceptors (Lipinski definition) is 7. The highest BCUT2D eigenvalue weighted by molar-refractivity contribution is 6.02. The molecule has 1 atom stereocenters. The van der Waals surface area contributed by atoms with Gasteiger partial charge in [0.2, 0.25) is 11.8 Å². The molecule has 0 saturated carbocycles. The lowest BCUT2D eigenvalue weighted by atomic mass is 10.0. The van der Waals surface area contributed by atoms with Crippen molar-refractivity contribution in [3.63, 3.8) is 0 Å². The average molecular weight is 546 g/mol. The number of carbonyl (C=O) groups is 2. The zero-order chi connectivity index (χ0) is 28.6. The maximum absolute atomic E-state index is 14.2. The highest BCUT2D eigenvalue weighted by Crippen LogP contribution is 2.37. The molecule has 0 aliphatic carbocycles. The molecule has 1 heterocycles. The standard InChI is InChI=1S/C30H35N5O5/c1-20(2)15-16-31-30(37)29(24-14-13-23(39-4)18-27(24)40-5)35(21-9-8-10-22(17-21)38-3)28(36)19-34-26-12-7-6-11-25(26)32-33-34/h6-14,17-18,20,29H,15-16,19H2,1-5H3,(H,31,37). The van der Waals surface area contributed by atoms with Gasteiger partial charge in [0.05, 0.1) is 26.8 Å². The van der Waals surface area contributed by atoms with Gasteiger partial charge in [-0.05, 0) is 48.7 Å². The van der Waals surface area contributed by atoms with Crippen LogP contribution in [0.2, 0.25) is 0 Å². The molecule has 10 heteroatoms. The molecule has 40 heavy (non-hydrogen) atoms. The molecule has 0 radical (unpaired) electrons. The Morgan fingerprint density at radius 2 is 1.68 bits per heavy atom. The molecule has 4 rings (SSSR count). The molecule has 10 nitrogen and oxygen atoms in total. The predicted molar refractivity (Wildman–Crippen MR) is 153 cm³/mol. The van der Waals surface area contributed by atoms with E-state index in [1.54, 1.807) is 56.7 Å². The molecule has 1 aromatic heterocycles. The van der Waals surface area contributed by atoms with Gasteiger partial charge in [0, 0.05) is 29.9 Å². The molecule has 1 unspecified atom stereocenters. The van der Waals surface area contributed by atoms with E-state index in [0.717, 1.165) is 6.42 Å². The second-order valence-corrected chi connectivity index (χ2v) is 9.68. The Balaban J connectivity index is 1.84. The van der Waals surface area contributed by atoms with Gasteiger partial charge >= 0.3 is 0 Å². The fourth-order valence-corrected chi connectivity index (χ4v) is 4.46. The third-order valence-electron chi connectivity index (χ3n) is 6.57. The quantitative estimate of drug-likeness (QED) is 0.281. The highest BCUT2D eigenvalue weighted by Gasteiger charge is 2.35. The van der Waals surface area contributed by atoms with Gasteiger partial charge in [-0.1, -0.05) is 37.3 Å². The maximum Gasteiger partial charge on any atom is 0.249 e. The fraction of sp³-hybridized carbons (Fsp3) is 0.333. The van der Waals surface area contributed by atoms with Gasteiger partial charge < -0.3 is 19.5 Å². The third-order valence-corrected chi connectivity index (χ3v) is 6.57. The van der Waals surface area contributed by atoms with Crippen molar-refractivity contribution in [3.8, 4) is 17.2 Å². The number of carbonyl (C=O) groups excluding carboxylic acids is 2. The summed E-state index contributed by atoms with van der Waals surface area (Å²) in [7, 11) is 4.62. The first-order chi connectivity index (χ1) is 19.4. The maximum atomic E-state index is 14.2. The summed E-state index contributed by atoms with van der Waals surface area (Å²) in [5.41, 5.74) is 2.37. The van der Waals surface area contributed by atoms with E-state index in [0.29, 0.717) is 52.0 Å². The summed E-state index contributed by atoms with van der Waals surface area (Å²) in [5.74, 6) is 1.20. The predicted octanol–water partition coefficient (Wildman–Crippen LogP) is 4.39. The number of rotatable bonds is 12. The molecule has 0 saturated heterocycles. The number of nitrogens with one attached hydrogen (secondary N) is 1. The minimum Gasteiger partial charge on any atom is -0.497 e. The van der Waals surface area contributed by atoms with Gasteiger partial charge in [0.15, 0.2) is 0 Å². The van der Waals surface area contributed by atoms with Gasteiger partial charge in [-0.15, -0.1) is 5.10 Å². The van der Waals surface area contributed by atoms with Crippen molar-refractivity contribution in [1.82, 2.24) is 20.3 Å². The lowest BCUT2D eigenvalue weighted by Crippen LogP contribution is -2.45. The van der Waals surface area contributed by atoms with Gasteiger partial charge in [0.25, 0.3) is 0 Å². The Bertz CT molecular complexity index is 1470. The second-order valence-electron chi connectivity index (χ2n) is 9.68. The number of benzene rings is 3. The monoisotopic (exact) mass is 545 g/mol. The summed E-state index contributed by atoms with van der Waals surface area (Å²) < 4.78 is 18.1. The van der Waals surface area contributed by atoms with E-state index >= 15 is 0 Å². The molecule has 210 valence electrons. The van der Waals surface area contributed by atoms with Crippen LogP contribution in [0, 0.1) is 5.92 Å². The lowest BCUT2D eigenvalue weighted by Gasteiger charge is -2.32. The molecule has 1 N–H and O–H groups in total. The summed E-state index contributed by atoms with van der Waals surface area (Å²) in [4.78, 5) is 29.7. The van der Waals surface area contributed by atoms with Gasteiger partial charge in [-0.3, -0.25) is 14.5 Å². The second kappa shape index (κ2) is 13.0. The van der Waals surface area contributed by atoms with Gasteiger partial charge in [-0.25, -0.2) is 4.68 Å². The number of para-hydroxylation sites is 1. The van der Waals surface area contributed by atoms with Crippen molar-refractivity contribution < 1.29 is 23.8 Å². The molecular weight excluding hydrogens is 510 g/mol. The van der Waals surface area contributed by atoms with Crippen LogP contribution in [0.25, 0.3) is 11.0 Å². The van der Waals surface area contributed by atoms with Crippen LogP contribution in [0.5, 0.6) is 17.2 Å². The Labute approximate surface area is 233 Å². The smallest absolute Gasteiger partial charge is 0.249 e. The molecule has 0 spiro atoms. The summed E-state index contributed by atoms with van der Waals surface area (Å²) in [5, 5.41) is 11.4. The first-order valence-electron chi connectivity index (χ1n) is 13.1. The normalized spacial score (nSPS) is 11.8. The summed E-state index contributed by atoms with van der Waals surface area (Å²) in [6.07, 6.45) is 0.788. The van der Waals surface area contributed by atoms with E-state index in [9.17, 15) is 9.59 Å². The molecule has 0 bridgehead atoms. The van der Waals surface area contributed by atoms with Crippen LogP contribution >= 0.6 is 0 Å². The first-order valence-corrected chi connectivity index (χ1v) is 13.1. The molecule has 2 amide bonds. The van der Waals surface area contributed by atoms with Crippen LogP contribution in [0.15, 0.2) is 66.7 Å². The Morgan fingerprint density at radius 1 is 0.925 bits per heavy atom. The number of nitrogens with zero attached hydrogens (tertiary/aromatic N) is 4. The Morgan fingerprint density at radius 3 is 2.40 bits per heavy atom. The number of hydrogen-bond donors (Lipinski definition) is 1. The van der Waals surface area contributed by atoms with E-state index in [1.165, 1.54) is 16.7 Å². The van der Waals surface area contributed by atoms with E-state index in [4.69, 9.17) is 14.2 Å². The molecule has 4 aromatic rings. The van der Waals surface area contributed by atoms with Gasteiger partial charge in [-0.2, -0.15) is 0 Å². The van der Waals surface area contributed by atoms with Crippen LogP contribution in [-0.2, 0) is 16.1 Å². The SMILES string of the molecule is COc1cccc(N(C(=O)Cn2nnc3ccccc32)C(C(=O)NCCC(C)C)c2ccc(OC)cc2OC)c1. The van der Waals surface area contributed by atoms with Crippen LogP contribution < -0.4 is 24.4 Å². The van der Waals surface area contributed by atoms with Crippen LogP contribution in [0.3, 0.4) is 0 Å². The molecule has 0 aliphatic heterocycles. The molecule has 0 fully saturated rings. The van der Waals surface area contributed by atoms with Crippen molar-refractivity contribution in [1.29, 1.82) is 0 Å². The van der Waals surface area contributed by atoms with E-state index in [-0.39, 0.29) is 18.4 Å². The van der Waals surface area contributed by atoms with E-state index in [2.05, 4.69) is 29.5 Å². The number of amides is 2. The van der Waals surface area contributed by atoms with Crippen molar-refractivity contribution >= 4 is 28.5 Å².